The lowest BCUT2D eigenvalue weighted by atomic mass is 10.0. The number of carboxylic acids is 1. The SMILES string of the molecule is COCCCN=C(Nc1ccc(C(=O)O)cc1)N1CCN(C(C)CC(C)C)CC1. The van der Waals surface area contributed by atoms with E-state index in [1.807, 2.05) is 0 Å². The molecule has 0 radical (unpaired) electrons. The minimum Gasteiger partial charge on any atom is -0.478 e. The van der Waals surface area contributed by atoms with Crippen LogP contribution in [0.1, 0.15) is 44.0 Å². The first-order valence-corrected chi connectivity index (χ1v) is 10.5. The molecule has 2 N–H and O–H groups in total. The third kappa shape index (κ3) is 7.66. The fraction of sp³-hybridized carbons (Fsp3) is 0.636. The van der Waals surface area contributed by atoms with Crippen molar-refractivity contribution in [3.05, 3.63) is 29.8 Å². The highest BCUT2D eigenvalue weighted by Crippen LogP contribution is 2.16. The van der Waals surface area contributed by atoms with Gasteiger partial charge in [-0.1, -0.05) is 13.8 Å². The average molecular weight is 405 g/mol. The van der Waals surface area contributed by atoms with E-state index in [0.29, 0.717) is 25.1 Å². The molecule has 1 aliphatic rings. The highest BCUT2D eigenvalue weighted by atomic mass is 16.5. The van der Waals surface area contributed by atoms with Crippen LogP contribution in [0.25, 0.3) is 0 Å². The molecule has 2 rings (SSSR count). The van der Waals surface area contributed by atoms with Crippen molar-refractivity contribution in [3.8, 4) is 0 Å². The first kappa shape index (κ1) is 23.2. The summed E-state index contributed by atoms with van der Waals surface area (Å²) in [7, 11) is 1.70. The number of methoxy groups -OCH3 is 1. The van der Waals surface area contributed by atoms with Gasteiger partial charge >= 0.3 is 5.97 Å². The van der Waals surface area contributed by atoms with Crippen molar-refractivity contribution in [2.45, 2.75) is 39.7 Å². The summed E-state index contributed by atoms with van der Waals surface area (Å²) in [5.74, 6) is 0.633. The van der Waals surface area contributed by atoms with Crippen molar-refractivity contribution in [1.29, 1.82) is 0 Å². The summed E-state index contributed by atoms with van der Waals surface area (Å²) in [6.07, 6.45) is 2.08. The number of ether oxygens (including phenoxy) is 1. The lowest BCUT2D eigenvalue weighted by molar-refractivity contribution is 0.0697. The van der Waals surface area contributed by atoms with Gasteiger partial charge in [0.15, 0.2) is 5.96 Å². The molecular weight excluding hydrogens is 368 g/mol. The summed E-state index contributed by atoms with van der Waals surface area (Å²) < 4.78 is 5.13. The summed E-state index contributed by atoms with van der Waals surface area (Å²) in [6, 6.07) is 7.39. The van der Waals surface area contributed by atoms with Crippen LogP contribution in [0.15, 0.2) is 29.3 Å². The number of hydrogen-bond donors (Lipinski definition) is 2. The maximum atomic E-state index is 11.1. The molecule has 0 aromatic heterocycles. The summed E-state index contributed by atoms with van der Waals surface area (Å²) in [5.41, 5.74) is 1.12. The molecule has 1 aromatic carbocycles. The van der Waals surface area contributed by atoms with Gasteiger partial charge in [-0.15, -0.1) is 0 Å². The molecule has 29 heavy (non-hydrogen) atoms. The highest BCUT2D eigenvalue weighted by molar-refractivity contribution is 5.94. The number of anilines is 1. The molecule has 1 heterocycles. The standard InChI is InChI=1S/C22H36N4O3/c1-17(2)16-18(3)25-11-13-26(14-12-25)22(23-10-5-15-29-4)24-20-8-6-19(7-9-20)21(27)28/h6-9,17-18H,5,10-16H2,1-4H3,(H,23,24)(H,27,28). The predicted octanol–water partition coefficient (Wildman–Crippen LogP) is 3.24. The average Bonchev–Trinajstić information content (AvgIpc) is 2.70. The second kappa shape index (κ2) is 11.8. The van der Waals surface area contributed by atoms with Crippen LogP contribution in [0.3, 0.4) is 0 Å². The van der Waals surface area contributed by atoms with Gasteiger partial charge in [-0.05, 0) is 49.9 Å². The number of nitrogens with zero attached hydrogens (tertiary/aromatic N) is 3. The van der Waals surface area contributed by atoms with Crippen LogP contribution in [-0.2, 0) is 4.74 Å². The van der Waals surface area contributed by atoms with Gasteiger partial charge in [-0.25, -0.2) is 4.79 Å². The van der Waals surface area contributed by atoms with Crippen LogP contribution in [-0.4, -0.2) is 79.3 Å². The summed E-state index contributed by atoms with van der Waals surface area (Å²) in [6.45, 7) is 12.1. The fourth-order valence-electron chi connectivity index (χ4n) is 3.64. The van der Waals surface area contributed by atoms with Gasteiger partial charge in [0.2, 0.25) is 0 Å². The number of aromatic carboxylic acids is 1. The van der Waals surface area contributed by atoms with Crippen molar-refractivity contribution >= 4 is 17.6 Å². The molecule has 0 saturated carbocycles. The smallest absolute Gasteiger partial charge is 0.335 e. The first-order valence-electron chi connectivity index (χ1n) is 10.5. The quantitative estimate of drug-likeness (QED) is 0.374. The van der Waals surface area contributed by atoms with Crippen LogP contribution in [0.5, 0.6) is 0 Å². The van der Waals surface area contributed by atoms with Crippen molar-refractivity contribution in [2.75, 3.05) is 51.8 Å². The third-order valence-electron chi connectivity index (χ3n) is 5.21. The van der Waals surface area contributed by atoms with Crippen LogP contribution < -0.4 is 5.32 Å². The van der Waals surface area contributed by atoms with E-state index in [9.17, 15) is 4.79 Å². The monoisotopic (exact) mass is 404 g/mol. The van der Waals surface area contributed by atoms with Crippen LogP contribution in [0, 0.1) is 5.92 Å². The molecule has 1 aromatic rings. The zero-order valence-corrected chi connectivity index (χ0v) is 18.2. The number of carboxylic acid groups (broad SMARTS) is 1. The molecule has 0 amide bonds. The Balaban J connectivity index is 2.01. The number of piperazine rings is 1. The van der Waals surface area contributed by atoms with E-state index in [1.54, 1.807) is 31.4 Å². The van der Waals surface area contributed by atoms with Gasteiger partial charge in [0.1, 0.15) is 0 Å². The first-order chi connectivity index (χ1) is 13.9. The molecule has 0 aliphatic carbocycles. The number of carbonyl (C=O) groups is 1. The van der Waals surface area contributed by atoms with E-state index >= 15 is 0 Å². The van der Waals surface area contributed by atoms with E-state index in [1.165, 1.54) is 6.42 Å². The van der Waals surface area contributed by atoms with Gasteiger partial charge in [-0.3, -0.25) is 9.89 Å². The van der Waals surface area contributed by atoms with Gasteiger partial charge in [0, 0.05) is 58.2 Å². The third-order valence-corrected chi connectivity index (χ3v) is 5.21. The molecule has 1 atom stereocenters. The zero-order valence-electron chi connectivity index (χ0n) is 18.2. The highest BCUT2D eigenvalue weighted by Gasteiger charge is 2.23. The Morgan fingerprint density at radius 1 is 1.17 bits per heavy atom. The molecule has 0 spiro atoms. The van der Waals surface area contributed by atoms with E-state index in [-0.39, 0.29) is 5.56 Å². The molecular formula is C22H36N4O3. The van der Waals surface area contributed by atoms with Crippen molar-refractivity contribution in [2.24, 2.45) is 10.9 Å². The zero-order chi connectivity index (χ0) is 21.2. The molecule has 7 heteroatoms. The minimum absolute atomic E-state index is 0.280. The molecule has 1 aliphatic heterocycles. The topological polar surface area (TPSA) is 77.4 Å². The largest absolute Gasteiger partial charge is 0.478 e. The lowest BCUT2D eigenvalue weighted by Crippen LogP contribution is -2.53. The normalized spacial score (nSPS) is 16.9. The Bertz CT molecular complexity index is 653. The van der Waals surface area contributed by atoms with E-state index in [4.69, 9.17) is 14.8 Å². The molecule has 1 unspecified atom stereocenters. The molecule has 7 nitrogen and oxygen atoms in total. The molecule has 162 valence electrons. The maximum Gasteiger partial charge on any atom is 0.335 e. The van der Waals surface area contributed by atoms with Crippen LogP contribution >= 0.6 is 0 Å². The van der Waals surface area contributed by atoms with Crippen molar-refractivity contribution < 1.29 is 14.6 Å². The number of guanidine groups is 1. The Hall–Kier alpha value is -2.12. The van der Waals surface area contributed by atoms with E-state index < -0.39 is 5.97 Å². The Kier molecular flexibility index (Phi) is 9.41. The second-order valence-electron chi connectivity index (χ2n) is 8.06. The summed E-state index contributed by atoms with van der Waals surface area (Å²) in [5, 5.41) is 12.5. The Labute approximate surface area is 174 Å². The number of benzene rings is 1. The predicted molar refractivity (Wildman–Crippen MR) is 118 cm³/mol. The maximum absolute atomic E-state index is 11.1. The number of hydrogen-bond acceptors (Lipinski definition) is 4. The molecule has 0 bridgehead atoms. The van der Waals surface area contributed by atoms with Gasteiger partial charge in [0.25, 0.3) is 0 Å². The summed E-state index contributed by atoms with van der Waals surface area (Å²) in [4.78, 5) is 20.7. The second-order valence-corrected chi connectivity index (χ2v) is 8.06. The molecule has 1 fully saturated rings. The minimum atomic E-state index is -0.920. The summed E-state index contributed by atoms with van der Waals surface area (Å²) >= 11 is 0. The van der Waals surface area contributed by atoms with Crippen LogP contribution in [0.4, 0.5) is 5.69 Å². The van der Waals surface area contributed by atoms with E-state index in [2.05, 4.69) is 35.9 Å². The van der Waals surface area contributed by atoms with Gasteiger partial charge < -0.3 is 20.1 Å². The number of aliphatic imine (C=N–C) groups is 1. The van der Waals surface area contributed by atoms with Crippen molar-refractivity contribution in [1.82, 2.24) is 9.80 Å². The van der Waals surface area contributed by atoms with Crippen molar-refractivity contribution in [3.63, 3.8) is 0 Å². The lowest BCUT2D eigenvalue weighted by Gasteiger charge is -2.40. The number of nitrogens with one attached hydrogen (secondary N) is 1. The van der Waals surface area contributed by atoms with Crippen LogP contribution in [0.2, 0.25) is 0 Å². The Morgan fingerprint density at radius 2 is 1.83 bits per heavy atom. The fourth-order valence-corrected chi connectivity index (χ4v) is 3.64. The molecule has 1 saturated heterocycles. The van der Waals surface area contributed by atoms with Gasteiger partial charge in [-0.2, -0.15) is 0 Å². The van der Waals surface area contributed by atoms with E-state index in [0.717, 1.165) is 44.2 Å². The van der Waals surface area contributed by atoms with Gasteiger partial charge in [0.05, 0.1) is 5.56 Å². The Morgan fingerprint density at radius 3 is 2.38 bits per heavy atom. The number of rotatable bonds is 9.